The lowest BCUT2D eigenvalue weighted by Gasteiger charge is -1.93. The van der Waals surface area contributed by atoms with Gasteiger partial charge in [-0.05, 0) is 19.1 Å². The maximum absolute atomic E-state index is 5.41. The summed E-state index contributed by atoms with van der Waals surface area (Å²) in [5.74, 6) is 0. The zero-order chi connectivity index (χ0) is 8.10. The van der Waals surface area contributed by atoms with Crippen molar-refractivity contribution in [2.45, 2.75) is 6.92 Å². The van der Waals surface area contributed by atoms with Gasteiger partial charge >= 0.3 is 0 Å². The van der Waals surface area contributed by atoms with Gasteiger partial charge in [0.25, 0.3) is 0 Å². The smallest absolute Gasteiger partial charge is 0.115 e. The lowest BCUT2D eigenvalue weighted by molar-refractivity contribution is 1.12. The highest BCUT2D eigenvalue weighted by Crippen LogP contribution is 1.99. The molecule has 0 aliphatic rings. The number of nitrogens with two attached hydrogens (primary N) is 1. The third kappa shape index (κ3) is 2.47. The number of hydrogen-bond acceptors (Lipinski definition) is 3. The van der Waals surface area contributed by atoms with Crippen molar-refractivity contribution >= 4 is 6.08 Å². The van der Waals surface area contributed by atoms with Crippen molar-refractivity contribution in [2.24, 2.45) is 5.73 Å². The summed E-state index contributed by atoms with van der Waals surface area (Å²) in [6.45, 7) is 2.55. The molecule has 3 nitrogen and oxygen atoms in total. The zero-order valence-corrected chi connectivity index (χ0v) is 6.49. The quantitative estimate of drug-likeness (QED) is 0.677. The minimum atomic E-state index is 0.573. The molecule has 0 amide bonds. The molecular formula is C8H11N3. The summed E-state index contributed by atoms with van der Waals surface area (Å²) in [4.78, 5) is 7.83. The van der Waals surface area contributed by atoms with Gasteiger partial charge < -0.3 is 5.73 Å². The molecule has 0 aliphatic carbocycles. The third-order valence-electron chi connectivity index (χ3n) is 1.32. The van der Waals surface area contributed by atoms with Crippen molar-refractivity contribution in [1.82, 2.24) is 9.97 Å². The van der Waals surface area contributed by atoms with Gasteiger partial charge in [0, 0.05) is 12.7 Å². The van der Waals surface area contributed by atoms with E-state index in [2.05, 4.69) is 9.97 Å². The van der Waals surface area contributed by atoms with E-state index in [0.717, 1.165) is 11.3 Å². The molecule has 0 atom stereocenters. The Kier molecular flexibility index (Phi) is 2.74. The Labute approximate surface area is 66.0 Å². The first-order chi connectivity index (χ1) is 5.33. The monoisotopic (exact) mass is 149 g/mol. The predicted octanol–water partition coefficient (Wildman–Crippen LogP) is 0.839. The van der Waals surface area contributed by atoms with E-state index in [1.165, 1.54) is 6.33 Å². The van der Waals surface area contributed by atoms with Crippen molar-refractivity contribution in [3.63, 3.8) is 0 Å². The van der Waals surface area contributed by atoms with Gasteiger partial charge in [-0.3, -0.25) is 0 Å². The van der Waals surface area contributed by atoms with Gasteiger partial charge in [0.15, 0.2) is 0 Å². The Morgan fingerprint density at radius 2 is 2.55 bits per heavy atom. The Bertz CT molecular complexity index is 241. The second-order valence-electron chi connectivity index (χ2n) is 2.33. The van der Waals surface area contributed by atoms with Crippen molar-refractivity contribution in [2.75, 3.05) is 6.54 Å². The Hall–Kier alpha value is -1.22. The summed E-state index contributed by atoms with van der Waals surface area (Å²) in [7, 11) is 0. The first kappa shape index (κ1) is 7.88. The normalized spacial score (nSPS) is 11.6. The number of aromatic nitrogens is 2. The van der Waals surface area contributed by atoms with Crippen LogP contribution < -0.4 is 5.73 Å². The first-order valence-corrected chi connectivity index (χ1v) is 3.46. The molecule has 1 aromatic heterocycles. The molecule has 1 aromatic rings. The Morgan fingerprint density at radius 3 is 3.09 bits per heavy atom. The van der Waals surface area contributed by atoms with Gasteiger partial charge in [0.2, 0.25) is 0 Å². The van der Waals surface area contributed by atoms with Crippen LogP contribution in [0.25, 0.3) is 6.08 Å². The molecule has 0 aromatic carbocycles. The van der Waals surface area contributed by atoms with Crippen LogP contribution >= 0.6 is 0 Å². The highest BCUT2D eigenvalue weighted by atomic mass is 14.8. The number of hydrogen-bond donors (Lipinski definition) is 1. The van der Waals surface area contributed by atoms with Crippen LogP contribution in [0.2, 0.25) is 0 Å². The van der Waals surface area contributed by atoms with Gasteiger partial charge in [0.05, 0.1) is 5.69 Å². The van der Waals surface area contributed by atoms with E-state index in [4.69, 9.17) is 5.73 Å². The van der Waals surface area contributed by atoms with E-state index in [-0.39, 0.29) is 0 Å². The minimum absolute atomic E-state index is 0.573. The second-order valence-corrected chi connectivity index (χ2v) is 2.33. The molecule has 0 unspecified atom stereocenters. The van der Waals surface area contributed by atoms with Gasteiger partial charge in [-0.15, -0.1) is 0 Å². The standard InChI is InChI=1S/C8H11N3/c1-7(5-9)4-8-2-3-10-6-11-8/h2-4,6H,5,9H2,1H3. The van der Waals surface area contributed by atoms with Crippen LogP contribution in [0.3, 0.4) is 0 Å². The SMILES string of the molecule is CC(=Cc1ccncn1)CN. The van der Waals surface area contributed by atoms with Crippen LogP contribution in [0.15, 0.2) is 24.2 Å². The number of rotatable bonds is 2. The highest BCUT2D eigenvalue weighted by molar-refractivity contribution is 5.47. The fourth-order valence-electron chi connectivity index (χ4n) is 0.698. The number of nitrogens with zero attached hydrogens (tertiary/aromatic N) is 2. The van der Waals surface area contributed by atoms with Crippen molar-refractivity contribution < 1.29 is 0 Å². The van der Waals surface area contributed by atoms with Gasteiger partial charge in [-0.1, -0.05) is 5.57 Å². The van der Waals surface area contributed by atoms with Gasteiger partial charge in [-0.2, -0.15) is 0 Å². The fourth-order valence-corrected chi connectivity index (χ4v) is 0.698. The average Bonchev–Trinajstić information content (AvgIpc) is 2.06. The summed E-state index contributed by atoms with van der Waals surface area (Å²) in [6, 6.07) is 1.85. The van der Waals surface area contributed by atoms with Crippen LogP contribution in [0, 0.1) is 0 Å². The molecule has 0 saturated heterocycles. The lowest BCUT2D eigenvalue weighted by Crippen LogP contribution is -1.99. The molecule has 2 N–H and O–H groups in total. The molecule has 58 valence electrons. The maximum atomic E-state index is 5.41. The van der Waals surface area contributed by atoms with Gasteiger partial charge in [0.1, 0.15) is 6.33 Å². The maximum Gasteiger partial charge on any atom is 0.115 e. The van der Waals surface area contributed by atoms with Crippen LogP contribution in [0.5, 0.6) is 0 Å². The largest absolute Gasteiger partial charge is 0.327 e. The molecule has 0 saturated carbocycles. The van der Waals surface area contributed by atoms with E-state index in [9.17, 15) is 0 Å². The molecule has 0 fully saturated rings. The van der Waals surface area contributed by atoms with Crippen LogP contribution in [0.4, 0.5) is 0 Å². The second kappa shape index (κ2) is 3.83. The van der Waals surface area contributed by atoms with E-state index in [1.54, 1.807) is 6.20 Å². The van der Waals surface area contributed by atoms with Crippen LogP contribution in [-0.2, 0) is 0 Å². The molecule has 3 heteroatoms. The molecule has 0 radical (unpaired) electrons. The summed E-state index contributed by atoms with van der Waals surface area (Å²) in [6.07, 6.45) is 5.18. The molecule has 0 spiro atoms. The van der Waals surface area contributed by atoms with Crippen LogP contribution in [-0.4, -0.2) is 16.5 Å². The molecule has 0 aliphatic heterocycles. The topological polar surface area (TPSA) is 51.8 Å². The Morgan fingerprint density at radius 1 is 1.73 bits per heavy atom. The molecule has 0 bridgehead atoms. The lowest BCUT2D eigenvalue weighted by atomic mass is 10.2. The van der Waals surface area contributed by atoms with E-state index in [1.807, 2.05) is 19.1 Å². The summed E-state index contributed by atoms with van der Waals surface area (Å²) >= 11 is 0. The highest BCUT2D eigenvalue weighted by Gasteiger charge is 1.87. The van der Waals surface area contributed by atoms with E-state index >= 15 is 0 Å². The van der Waals surface area contributed by atoms with Crippen molar-refractivity contribution in [3.8, 4) is 0 Å². The van der Waals surface area contributed by atoms with E-state index in [0.29, 0.717) is 6.54 Å². The molecule has 1 heterocycles. The zero-order valence-electron chi connectivity index (χ0n) is 6.49. The Balaban J connectivity index is 2.79. The summed E-state index contributed by atoms with van der Waals surface area (Å²) < 4.78 is 0. The predicted molar refractivity (Wildman–Crippen MR) is 44.7 cm³/mol. The van der Waals surface area contributed by atoms with Crippen molar-refractivity contribution in [1.29, 1.82) is 0 Å². The van der Waals surface area contributed by atoms with E-state index < -0.39 is 0 Å². The molecule has 11 heavy (non-hydrogen) atoms. The first-order valence-electron chi connectivity index (χ1n) is 3.46. The van der Waals surface area contributed by atoms with Crippen LogP contribution in [0.1, 0.15) is 12.6 Å². The average molecular weight is 149 g/mol. The summed E-state index contributed by atoms with van der Waals surface area (Å²) in [5, 5.41) is 0. The van der Waals surface area contributed by atoms with Crippen molar-refractivity contribution in [3.05, 3.63) is 29.9 Å². The minimum Gasteiger partial charge on any atom is -0.327 e. The molecule has 1 rings (SSSR count). The summed E-state index contributed by atoms with van der Waals surface area (Å²) in [5.41, 5.74) is 7.43. The molecular weight excluding hydrogens is 138 g/mol. The third-order valence-corrected chi connectivity index (χ3v) is 1.32. The van der Waals surface area contributed by atoms with Gasteiger partial charge in [-0.25, -0.2) is 9.97 Å². The fraction of sp³-hybridized carbons (Fsp3) is 0.250.